The van der Waals surface area contributed by atoms with Crippen molar-refractivity contribution in [2.45, 2.75) is 25.8 Å². The van der Waals surface area contributed by atoms with Gasteiger partial charge >= 0.3 is 0 Å². The molecule has 1 N–H and O–H groups in total. The number of sulfonamides is 1. The Kier molecular flexibility index (Phi) is 6.06. The van der Waals surface area contributed by atoms with E-state index in [0.29, 0.717) is 24.3 Å². The number of halogens is 2. The normalized spacial score (nSPS) is 15.2. The number of carbonyl (C=O) groups excluding carboxylic acids is 2. The van der Waals surface area contributed by atoms with Gasteiger partial charge in [0, 0.05) is 30.4 Å². The van der Waals surface area contributed by atoms with Crippen LogP contribution < -0.4 is 14.5 Å². The van der Waals surface area contributed by atoms with Crippen LogP contribution in [-0.4, -0.2) is 39.1 Å². The van der Waals surface area contributed by atoms with Crippen LogP contribution in [0.15, 0.2) is 42.5 Å². The molecule has 0 radical (unpaired) electrons. The molecule has 160 valence electrons. The number of anilines is 3. The fourth-order valence-corrected chi connectivity index (χ4v) is 4.49. The quantitative estimate of drug-likeness (QED) is 0.753. The first-order valence-electron chi connectivity index (χ1n) is 9.23. The third-order valence-corrected chi connectivity index (χ3v) is 6.01. The van der Waals surface area contributed by atoms with Gasteiger partial charge < -0.3 is 10.2 Å². The van der Waals surface area contributed by atoms with E-state index in [4.69, 9.17) is 0 Å². The number of nitrogens with zero attached hydrogens (tertiary/aromatic N) is 2. The lowest BCUT2D eigenvalue weighted by atomic mass is 10.2. The minimum absolute atomic E-state index is 0.0377. The minimum Gasteiger partial charge on any atom is -0.324 e. The van der Waals surface area contributed by atoms with Gasteiger partial charge in [0.15, 0.2) is 11.6 Å². The van der Waals surface area contributed by atoms with Gasteiger partial charge in [0.1, 0.15) is 6.04 Å². The van der Waals surface area contributed by atoms with Crippen LogP contribution in [0.4, 0.5) is 25.8 Å². The van der Waals surface area contributed by atoms with E-state index in [2.05, 4.69) is 5.32 Å². The second-order valence-corrected chi connectivity index (χ2v) is 8.88. The number of rotatable bonds is 6. The van der Waals surface area contributed by atoms with Gasteiger partial charge in [-0.3, -0.25) is 13.9 Å². The summed E-state index contributed by atoms with van der Waals surface area (Å²) in [4.78, 5) is 26.1. The van der Waals surface area contributed by atoms with Gasteiger partial charge in [-0.15, -0.1) is 0 Å². The fraction of sp³-hybridized carbons (Fsp3) is 0.300. The van der Waals surface area contributed by atoms with Crippen LogP contribution in [0.1, 0.15) is 19.8 Å². The van der Waals surface area contributed by atoms with Crippen LogP contribution >= 0.6 is 0 Å². The molecule has 0 aromatic heterocycles. The zero-order chi connectivity index (χ0) is 22.1. The lowest BCUT2D eigenvalue weighted by molar-refractivity contribution is -0.117. The molecule has 1 saturated heterocycles. The standard InChI is InChI=1S/C20H21F2N3O4S/c1-13(25(30(2,28)29)16-9-10-17(21)18(22)12-16)20(27)23-14-5-7-15(8-6-14)24-11-3-4-19(24)26/h5-10,12-13H,3-4,11H2,1-2H3,(H,23,27)/t13-/m0/s1. The number of amides is 2. The van der Waals surface area contributed by atoms with Crippen LogP contribution in [0, 0.1) is 11.6 Å². The summed E-state index contributed by atoms with van der Waals surface area (Å²) < 4.78 is 52.0. The molecule has 10 heteroatoms. The van der Waals surface area contributed by atoms with Gasteiger partial charge in [0.2, 0.25) is 21.8 Å². The van der Waals surface area contributed by atoms with Crippen molar-refractivity contribution < 1.29 is 26.8 Å². The van der Waals surface area contributed by atoms with Gasteiger partial charge in [-0.1, -0.05) is 0 Å². The van der Waals surface area contributed by atoms with E-state index >= 15 is 0 Å². The second-order valence-electron chi connectivity index (χ2n) is 7.02. The van der Waals surface area contributed by atoms with Gasteiger partial charge in [0.05, 0.1) is 11.9 Å². The molecule has 1 heterocycles. The Labute approximate surface area is 173 Å². The molecular formula is C20H21F2N3O4S. The summed E-state index contributed by atoms with van der Waals surface area (Å²) in [7, 11) is -3.97. The third kappa shape index (κ3) is 4.59. The Morgan fingerprint density at radius 1 is 1.13 bits per heavy atom. The zero-order valence-electron chi connectivity index (χ0n) is 16.4. The van der Waals surface area contributed by atoms with Crippen LogP contribution in [0.3, 0.4) is 0 Å². The third-order valence-electron chi connectivity index (χ3n) is 4.77. The van der Waals surface area contributed by atoms with Crippen molar-refractivity contribution in [3.63, 3.8) is 0 Å². The predicted octanol–water partition coefficient (Wildman–Crippen LogP) is 2.88. The molecule has 30 heavy (non-hydrogen) atoms. The molecule has 2 aromatic rings. The Balaban J connectivity index is 1.78. The highest BCUT2D eigenvalue weighted by molar-refractivity contribution is 7.92. The van der Waals surface area contributed by atoms with Gasteiger partial charge in [-0.05, 0) is 49.7 Å². The Hall–Kier alpha value is -3.01. The Bertz CT molecular complexity index is 1070. The number of benzene rings is 2. The molecule has 1 atom stereocenters. The fourth-order valence-electron chi connectivity index (χ4n) is 3.32. The summed E-state index contributed by atoms with van der Waals surface area (Å²) in [5.41, 5.74) is 0.950. The molecule has 1 aliphatic rings. The summed E-state index contributed by atoms with van der Waals surface area (Å²) >= 11 is 0. The first kappa shape index (κ1) is 21.7. The molecule has 0 saturated carbocycles. The highest BCUT2D eigenvalue weighted by atomic mass is 32.2. The molecule has 0 bridgehead atoms. The molecule has 2 aromatic carbocycles. The summed E-state index contributed by atoms with van der Waals surface area (Å²) in [5, 5.41) is 2.60. The predicted molar refractivity (Wildman–Crippen MR) is 110 cm³/mol. The molecule has 0 unspecified atom stereocenters. The zero-order valence-corrected chi connectivity index (χ0v) is 17.2. The molecule has 0 spiro atoms. The van der Waals surface area contributed by atoms with Gasteiger partial charge in [-0.2, -0.15) is 0 Å². The summed E-state index contributed by atoms with van der Waals surface area (Å²) in [5.74, 6) is -2.97. The smallest absolute Gasteiger partial charge is 0.247 e. The summed E-state index contributed by atoms with van der Waals surface area (Å²) in [6.07, 6.45) is 2.17. The monoisotopic (exact) mass is 437 g/mol. The van der Waals surface area contributed by atoms with Crippen molar-refractivity contribution in [2.24, 2.45) is 0 Å². The second kappa shape index (κ2) is 8.39. The average molecular weight is 437 g/mol. The Morgan fingerprint density at radius 2 is 1.80 bits per heavy atom. The van der Waals surface area contributed by atoms with Crippen LogP contribution in [0.25, 0.3) is 0 Å². The molecule has 3 rings (SSSR count). The van der Waals surface area contributed by atoms with Crippen LogP contribution in [0.5, 0.6) is 0 Å². The minimum atomic E-state index is -3.97. The average Bonchev–Trinajstić information content (AvgIpc) is 3.10. The van der Waals surface area contributed by atoms with E-state index in [9.17, 15) is 26.8 Å². The summed E-state index contributed by atoms with van der Waals surface area (Å²) in [6, 6.07) is 7.96. The number of nitrogens with one attached hydrogen (secondary N) is 1. The number of hydrogen-bond donors (Lipinski definition) is 1. The number of hydrogen-bond acceptors (Lipinski definition) is 4. The first-order valence-corrected chi connectivity index (χ1v) is 11.1. The SMILES string of the molecule is C[C@@H](C(=O)Nc1ccc(N2CCCC2=O)cc1)N(c1ccc(F)c(F)c1)S(C)(=O)=O. The maximum Gasteiger partial charge on any atom is 0.247 e. The molecule has 2 amide bonds. The largest absolute Gasteiger partial charge is 0.324 e. The van der Waals surface area contributed by atoms with Crippen molar-refractivity contribution in [1.29, 1.82) is 0 Å². The highest BCUT2D eigenvalue weighted by Gasteiger charge is 2.30. The molecule has 1 aliphatic heterocycles. The highest BCUT2D eigenvalue weighted by Crippen LogP contribution is 2.25. The van der Waals surface area contributed by atoms with E-state index in [1.54, 1.807) is 29.2 Å². The van der Waals surface area contributed by atoms with E-state index in [1.165, 1.54) is 6.92 Å². The van der Waals surface area contributed by atoms with E-state index in [-0.39, 0.29) is 11.6 Å². The van der Waals surface area contributed by atoms with Crippen molar-refractivity contribution in [1.82, 2.24) is 0 Å². The van der Waals surface area contributed by atoms with Crippen LogP contribution in [-0.2, 0) is 19.6 Å². The molecule has 1 fully saturated rings. The number of carbonyl (C=O) groups is 2. The van der Waals surface area contributed by atoms with Crippen molar-refractivity contribution in [3.05, 3.63) is 54.1 Å². The van der Waals surface area contributed by atoms with Gasteiger partial charge in [0.25, 0.3) is 0 Å². The maximum absolute atomic E-state index is 13.6. The maximum atomic E-state index is 13.6. The van der Waals surface area contributed by atoms with Crippen molar-refractivity contribution in [3.8, 4) is 0 Å². The van der Waals surface area contributed by atoms with Crippen LogP contribution in [0.2, 0.25) is 0 Å². The van der Waals surface area contributed by atoms with E-state index in [1.807, 2.05) is 0 Å². The molecule has 0 aliphatic carbocycles. The lowest BCUT2D eigenvalue weighted by Gasteiger charge is -2.28. The van der Waals surface area contributed by atoms with Crippen molar-refractivity contribution >= 4 is 38.9 Å². The molecular weight excluding hydrogens is 416 g/mol. The van der Waals surface area contributed by atoms with E-state index < -0.39 is 33.6 Å². The lowest BCUT2D eigenvalue weighted by Crippen LogP contribution is -2.45. The van der Waals surface area contributed by atoms with Crippen molar-refractivity contribution in [2.75, 3.05) is 27.3 Å². The summed E-state index contributed by atoms with van der Waals surface area (Å²) in [6.45, 7) is 1.98. The first-order chi connectivity index (χ1) is 14.1. The topological polar surface area (TPSA) is 86.8 Å². The Morgan fingerprint density at radius 3 is 2.33 bits per heavy atom. The van der Waals surface area contributed by atoms with Gasteiger partial charge in [-0.25, -0.2) is 17.2 Å². The van der Waals surface area contributed by atoms with E-state index in [0.717, 1.165) is 35.2 Å². The molecule has 7 nitrogen and oxygen atoms in total.